The Morgan fingerprint density at radius 1 is 1.08 bits per heavy atom. The summed E-state index contributed by atoms with van der Waals surface area (Å²) in [6, 6.07) is 18.5. The maximum absolute atomic E-state index is 12.1. The second kappa shape index (κ2) is 6.86. The molecule has 1 N–H and O–H groups in total. The molecule has 0 bridgehead atoms. The van der Waals surface area contributed by atoms with Crippen molar-refractivity contribution in [3.05, 3.63) is 60.2 Å². The molecular formula is C21H20N2O3. The van der Waals surface area contributed by atoms with E-state index in [1.54, 1.807) is 13.1 Å². The SMILES string of the molecule is CC1(CC(=O)N/N=C/c2c3ccccc3cc3ccccc23)OCCO1. The van der Waals surface area contributed by atoms with Crippen LogP contribution in [0.2, 0.25) is 0 Å². The molecule has 5 heteroatoms. The van der Waals surface area contributed by atoms with Gasteiger partial charge in [0.2, 0.25) is 5.91 Å². The number of fused-ring (bicyclic) bond motifs is 2. The zero-order valence-corrected chi connectivity index (χ0v) is 14.6. The molecule has 4 rings (SSSR count). The molecule has 1 saturated heterocycles. The molecule has 1 heterocycles. The number of ether oxygens (including phenoxy) is 2. The first-order valence-electron chi connectivity index (χ1n) is 8.65. The molecule has 0 radical (unpaired) electrons. The molecule has 1 aliphatic heterocycles. The van der Waals surface area contributed by atoms with Crippen molar-refractivity contribution in [2.75, 3.05) is 13.2 Å². The summed E-state index contributed by atoms with van der Waals surface area (Å²) >= 11 is 0. The number of benzene rings is 3. The van der Waals surface area contributed by atoms with Crippen LogP contribution in [0.25, 0.3) is 21.5 Å². The molecule has 1 aliphatic rings. The number of hydrogen-bond donors (Lipinski definition) is 1. The number of carbonyl (C=O) groups excluding carboxylic acids is 1. The summed E-state index contributed by atoms with van der Waals surface area (Å²) in [5, 5.41) is 8.65. The zero-order valence-electron chi connectivity index (χ0n) is 14.6. The van der Waals surface area contributed by atoms with E-state index in [1.165, 1.54) is 0 Å². The average molecular weight is 348 g/mol. The fourth-order valence-electron chi connectivity index (χ4n) is 3.35. The highest BCUT2D eigenvalue weighted by Gasteiger charge is 2.33. The lowest BCUT2D eigenvalue weighted by Gasteiger charge is -2.20. The van der Waals surface area contributed by atoms with Crippen LogP contribution in [0.3, 0.4) is 0 Å². The van der Waals surface area contributed by atoms with Crippen LogP contribution in [0.15, 0.2) is 59.7 Å². The molecule has 3 aromatic carbocycles. The van der Waals surface area contributed by atoms with Gasteiger partial charge in [0.1, 0.15) is 0 Å². The Bertz CT molecular complexity index is 937. The first-order chi connectivity index (χ1) is 12.6. The first-order valence-corrected chi connectivity index (χ1v) is 8.65. The summed E-state index contributed by atoms with van der Waals surface area (Å²) in [7, 11) is 0. The molecule has 0 aliphatic carbocycles. The molecule has 1 fully saturated rings. The van der Waals surface area contributed by atoms with Crippen LogP contribution in [0.1, 0.15) is 18.9 Å². The van der Waals surface area contributed by atoms with Crippen LogP contribution in [0.5, 0.6) is 0 Å². The van der Waals surface area contributed by atoms with E-state index in [1.807, 2.05) is 24.3 Å². The predicted molar refractivity (Wildman–Crippen MR) is 102 cm³/mol. The Labute approximate surface area is 151 Å². The molecule has 26 heavy (non-hydrogen) atoms. The van der Waals surface area contributed by atoms with E-state index in [9.17, 15) is 4.79 Å². The van der Waals surface area contributed by atoms with E-state index < -0.39 is 5.79 Å². The summed E-state index contributed by atoms with van der Waals surface area (Å²) in [5.41, 5.74) is 3.57. The molecule has 1 amide bonds. The highest BCUT2D eigenvalue weighted by atomic mass is 16.7. The molecule has 0 unspecified atom stereocenters. The first kappa shape index (κ1) is 16.7. The van der Waals surface area contributed by atoms with Crippen molar-refractivity contribution < 1.29 is 14.3 Å². The number of rotatable bonds is 4. The van der Waals surface area contributed by atoms with Gasteiger partial charge >= 0.3 is 0 Å². The molecule has 5 nitrogen and oxygen atoms in total. The molecule has 3 aromatic rings. The van der Waals surface area contributed by atoms with Crippen molar-refractivity contribution in [2.45, 2.75) is 19.1 Å². The smallest absolute Gasteiger partial charge is 0.245 e. The molecule has 0 saturated carbocycles. The number of carbonyl (C=O) groups is 1. The Kier molecular flexibility index (Phi) is 4.41. The molecule has 0 aromatic heterocycles. The van der Waals surface area contributed by atoms with E-state index >= 15 is 0 Å². The summed E-state index contributed by atoms with van der Waals surface area (Å²) in [6.07, 6.45) is 1.82. The molecule has 0 spiro atoms. The number of hydrogen-bond acceptors (Lipinski definition) is 4. The maximum atomic E-state index is 12.1. The van der Waals surface area contributed by atoms with E-state index in [-0.39, 0.29) is 12.3 Å². The van der Waals surface area contributed by atoms with E-state index in [4.69, 9.17) is 9.47 Å². The van der Waals surface area contributed by atoms with Gasteiger partial charge in [0.05, 0.1) is 25.8 Å². The number of amides is 1. The Morgan fingerprint density at radius 2 is 1.65 bits per heavy atom. The fourth-order valence-corrected chi connectivity index (χ4v) is 3.35. The number of nitrogens with one attached hydrogen (secondary N) is 1. The number of hydrazone groups is 1. The topological polar surface area (TPSA) is 59.9 Å². The minimum absolute atomic E-state index is 0.112. The van der Waals surface area contributed by atoms with Gasteiger partial charge in [-0.25, -0.2) is 5.43 Å². The van der Waals surface area contributed by atoms with Gasteiger partial charge in [-0.2, -0.15) is 5.10 Å². The van der Waals surface area contributed by atoms with Crippen molar-refractivity contribution in [3.8, 4) is 0 Å². The third-order valence-electron chi connectivity index (χ3n) is 4.58. The minimum Gasteiger partial charge on any atom is -0.347 e. The van der Waals surface area contributed by atoms with Gasteiger partial charge in [0.15, 0.2) is 5.79 Å². The lowest BCUT2D eigenvalue weighted by Crippen LogP contribution is -2.33. The summed E-state index contributed by atoms with van der Waals surface area (Å²) in [5.74, 6) is -1.10. The van der Waals surface area contributed by atoms with Crippen LogP contribution in [-0.2, 0) is 14.3 Å². The minimum atomic E-state index is -0.855. The average Bonchev–Trinajstić information content (AvgIpc) is 3.07. The predicted octanol–water partition coefficient (Wildman–Crippen LogP) is 3.60. The second-order valence-electron chi connectivity index (χ2n) is 6.53. The Hall–Kier alpha value is -2.76. The van der Waals surface area contributed by atoms with Crippen molar-refractivity contribution in [1.29, 1.82) is 0 Å². The van der Waals surface area contributed by atoms with E-state index in [0.717, 1.165) is 27.1 Å². The molecule has 132 valence electrons. The van der Waals surface area contributed by atoms with Gasteiger partial charge in [0, 0.05) is 5.56 Å². The van der Waals surface area contributed by atoms with E-state index in [2.05, 4.69) is 40.9 Å². The van der Waals surface area contributed by atoms with Crippen LogP contribution in [0.4, 0.5) is 0 Å². The molecular weight excluding hydrogens is 328 g/mol. The van der Waals surface area contributed by atoms with Gasteiger partial charge in [-0.3, -0.25) is 4.79 Å². The third-order valence-corrected chi connectivity index (χ3v) is 4.58. The standard InChI is InChI=1S/C21H20N2O3/c1-21(25-10-11-26-21)13-20(24)23-22-14-19-17-8-4-2-6-15(17)12-16-7-3-5-9-18(16)19/h2-9,12,14H,10-11,13H2,1H3,(H,23,24)/b22-14+. The number of nitrogens with zero attached hydrogens (tertiary/aromatic N) is 1. The van der Waals surface area contributed by atoms with Gasteiger partial charge in [-0.15, -0.1) is 0 Å². The highest BCUT2D eigenvalue weighted by molar-refractivity contribution is 6.13. The summed E-state index contributed by atoms with van der Waals surface area (Å²) in [6.45, 7) is 2.78. The van der Waals surface area contributed by atoms with Gasteiger partial charge in [0.25, 0.3) is 0 Å². The van der Waals surface area contributed by atoms with Crippen LogP contribution in [0, 0.1) is 0 Å². The molecule has 0 atom stereocenters. The summed E-state index contributed by atoms with van der Waals surface area (Å²) in [4.78, 5) is 12.1. The second-order valence-corrected chi connectivity index (χ2v) is 6.53. The van der Waals surface area contributed by atoms with Gasteiger partial charge in [-0.05, 0) is 34.5 Å². The zero-order chi connectivity index (χ0) is 18.0. The van der Waals surface area contributed by atoms with Crippen molar-refractivity contribution in [3.63, 3.8) is 0 Å². The van der Waals surface area contributed by atoms with Crippen LogP contribution in [-0.4, -0.2) is 31.1 Å². The lowest BCUT2D eigenvalue weighted by molar-refractivity contribution is -0.159. The Morgan fingerprint density at radius 3 is 2.27 bits per heavy atom. The van der Waals surface area contributed by atoms with Crippen molar-refractivity contribution in [1.82, 2.24) is 5.43 Å². The monoisotopic (exact) mass is 348 g/mol. The van der Waals surface area contributed by atoms with Gasteiger partial charge in [-0.1, -0.05) is 48.5 Å². The van der Waals surface area contributed by atoms with E-state index in [0.29, 0.717) is 13.2 Å². The quantitative estimate of drug-likeness (QED) is 0.445. The largest absolute Gasteiger partial charge is 0.347 e. The van der Waals surface area contributed by atoms with Crippen molar-refractivity contribution >= 4 is 33.7 Å². The van der Waals surface area contributed by atoms with Gasteiger partial charge < -0.3 is 9.47 Å². The maximum Gasteiger partial charge on any atom is 0.245 e. The highest BCUT2D eigenvalue weighted by Crippen LogP contribution is 2.27. The fraction of sp³-hybridized carbons (Fsp3) is 0.238. The van der Waals surface area contributed by atoms with Crippen molar-refractivity contribution in [2.24, 2.45) is 5.10 Å². The normalized spacial score (nSPS) is 16.5. The summed E-state index contributed by atoms with van der Waals surface area (Å²) < 4.78 is 10.9. The third kappa shape index (κ3) is 3.31. The van der Waals surface area contributed by atoms with Crippen LogP contribution < -0.4 is 5.43 Å². The lowest BCUT2D eigenvalue weighted by atomic mass is 9.97. The Balaban J connectivity index is 1.61. The van der Waals surface area contributed by atoms with Crippen LogP contribution >= 0.6 is 0 Å².